The quantitative estimate of drug-likeness (QED) is 0.547. The normalized spacial score (nSPS) is 10.2. The van der Waals surface area contributed by atoms with Crippen molar-refractivity contribution in [3.63, 3.8) is 0 Å². The van der Waals surface area contributed by atoms with E-state index in [0.717, 1.165) is 5.56 Å². The van der Waals surface area contributed by atoms with Gasteiger partial charge in [-0.15, -0.1) is 0 Å². The highest BCUT2D eigenvalue weighted by molar-refractivity contribution is 5.92. The second-order valence-corrected chi connectivity index (χ2v) is 3.13. The lowest BCUT2D eigenvalue weighted by Crippen LogP contribution is -2.26. The fraction of sp³-hybridized carbons (Fsp3) is 0.167. The standard InChI is InChI=1S/C12H13NO2/c1-13(9-10-14)12(15)8-7-11-5-3-2-4-6-11/h2-8,10H,9H2,1H3. The molecular weight excluding hydrogens is 190 g/mol. The number of carbonyl (C=O) groups is 2. The summed E-state index contributed by atoms with van der Waals surface area (Å²) in [5.74, 6) is -0.175. The average Bonchev–Trinajstić information content (AvgIpc) is 2.27. The van der Waals surface area contributed by atoms with E-state index in [1.54, 1.807) is 13.1 Å². The molecule has 1 rings (SSSR count). The minimum atomic E-state index is -0.175. The topological polar surface area (TPSA) is 37.4 Å². The van der Waals surface area contributed by atoms with Crippen molar-refractivity contribution in [1.29, 1.82) is 0 Å². The van der Waals surface area contributed by atoms with Gasteiger partial charge in [-0.1, -0.05) is 30.3 Å². The fourth-order valence-corrected chi connectivity index (χ4v) is 1.06. The molecule has 0 aliphatic heterocycles. The molecule has 1 aromatic carbocycles. The van der Waals surface area contributed by atoms with Crippen molar-refractivity contribution in [2.75, 3.05) is 13.6 Å². The van der Waals surface area contributed by atoms with Gasteiger partial charge in [0.15, 0.2) is 0 Å². The second kappa shape index (κ2) is 5.75. The largest absolute Gasteiger partial charge is 0.335 e. The summed E-state index contributed by atoms with van der Waals surface area (Å²) >= 11 is 0. The number of likely N-dealkylation sites (N-methyl/N-ethyl adjacent to an activating group) is 1. The van der Waals surface area contributed by atoms with Crippen LogP contribution < -0.4 is 0 Å². The molecule has 0 aromatic heterocycles. The van der Waals surface area contributed by atoms with E-state index in [0.29, 0.717) is 6.29 Å². The van der Waals surface area contributed by atoms with Crippen molar-refractivity contribution in [2.45, 2.75) is 0 Å². The summed E-state index contributed by atoms with van der Waals surface area (Å²) in [6.45, 7) is 0.123. The third kappa shape index (κ3) is 3.77. The van der Waals surface area contributed by atoms with Crippen molar-refractivity contribution >= 4 is 18.3 Å². The van der Waals surface area contributed by atoms with Crippen LogP contribution in [0.3, 0.4) is 0 Å². The predicted molar refractivity (Wildman–Crippen MR) is 59.2 cm³/mol. The van der Waals surface area contributed by atoms with Crippen molar-refractivity contribution in [3.05, 3.63) is 42.0 Å². The van der Waals surface area contributed by atoms with Crippen LogP contribution in [0.4, 0.5) is 0 Å². The highest BCUT2D eigenvalue weighted by Crippen LogP contribution is 2.01. The number of amides is 1. The van der Waals surface area contributed by atoms with Crippen molar-refractivity contribution in [3.8, 4) is 0 Å². The number of benzene rings is 1. The molecule has 3 nitrogen and oxygen atoms in total. The van der Waals surface area contributed by atoms with Crippen LogP contribution in [0, 0.1) is 0 Å². The zero-order valence-electron chi connectivity index (χ0n) is 8.59. The number of nitrogens with zero attached hydrogens (tertiary/aromatic N) is 1. The number of aldehydes is 1. The first-order valence-corrected chi connectivity index (χ1v) is 4.66. The van der Waals surface area contributed by atoms with Gasteiger partial charge < -0.3 is 9.69 Å². The van der Waals surface area contributed by atoms with E-state index >= 15 is 0 Å². The Balaban J connectivity index is 2.58. The third-order valence-electron chi connectivity index (χ3n) is 1.94. The summed E-state index contributed by atoms with van der Waals surface area (Å²) in [6, 6.07) is 9.53. The molecule has 78 valence electrons. The molecule has 0 spiro atoms. The van der Waals surface area contributed by atoms with E-state index in [1.165, 1.54) is 11.0 Å². The van der Waals surface area contributed by atoms with Crippen molar-refractivity contribution < 1.29 is 9.59 Å². The summed E-state index contributed by atoms with van der Waals surface area (Å²) in [5.41, 5.74) is 0.963. The molecule has 0 radical (unpaired) electrons. The van der Waals surface area contributed by atoms with Crippen LogP contribution in [0.5, 0.6) is 0 Å². The molecule has 0 atom stereocenters. The molecule has 1 aromatic rings. The number of hydrogen-bond donors (Lipinski definition) is 0. The number of rotatable bonds is 4. The van der Waals surface area contributed by atoms with Gasteiger partial charge in [0.1, 0.15) is 6.29 Å². The monoisotopic (exact) mass is 203 g/mol. The maximum absolute atomic E-state index is 11.4. The molecule has 3 heteroatoms. The van der Waals surface area contributed by atoms with Gasteiger partial charge in [-0.3, -0.25) is 4.79 Å². The van der Waals surface area contributed by atoms with Gasteiger partial charge in [0, 0.05) is 13.1 Å². The van der Waals surface area contributed by atoms with Crippen LogP contribution in [0.15, 0.2) is 36.4 Å². The van der Waals surface area contributed by atoms with Gasteiger partial charge in [-0.05, 0) is 11.6 Å². The number of carbonyl (C=O) groups excluding carboxylic acids is 2. The van der Waals surface area contributed by atoms with E-state index in [9.17, 15) is 9.59 Å². The average molecular weight is 203 g/mol. The molecule has 0 saturated heterocycles. The Bertz CT molecular complexity index is 357. The molecule has 15 heavy (non-hydrogen) atoms. The summed E-state index contributed by atoms with van der Waals surface area (Å²) in [7, 11) is 1.59. The van der Waals surface area contributed by atoms with Crippen LogP contribution in [0.25, 0.3) is 6.08 Å². The van der Waals surface area contributed by atoms with Gasteiger partial charge in [0.05, 0.1) is 6.54 Å². The summed E-state index contributed by atoms with van der Waals surface area (Å²) in [5, 5.41) is 0. The minimum absolute atomic E-state index is 0.123. The Morgan fingerprint density at radius 1 is 1.33 bits per heavy atom. The zero-order valence-corrected chi connectivity index (χ0v) is 8.59. The van der Waals surface area contributed by atoms with E-state index in [2.05, 4.69) is 0 Å². The van der Waals surface area contributed by atoms with E-state index in [1.807, 2.05) is 30.3 Å². The smallest absolute Gasteiger partial charge is 0.246 e. The molecule has 1 amide bonds. The SMILES string of the molecule is CN(CC=O)C(=O)C=Cc1ccccc1. The molecule has 0 N–H and O–H groups in total. The minimum Gasteiger partial charge on any atom is -0.335 e. The second-order valence-electron chi connectivity index (χ2n) is 3.13. The summed E-state index contributed by atoms with van der Waals surface area (Å²) < 4.78 is 0. The Kier molecular flexibility index (Phi) is 4.29. The van der Waals surface area contributed by atoms with Gasteiger partial charge in [-0.25, -0.2) is 0 Å². The van der Waals surface area contributed by atoms with Gasteiger partial charge >= 0.3 is 0 Å². The molecule has 0 bridgehead atoms. The summed E-state index contributed by atoms with van der Waals surface area (Å²) in [4.78, 5) is 22.9. The molecule has 0 fully saturated rings. The van der Waals surface area contributed by atoms with Crippen LogP contribution in [-0.2, 0) is 9.59 Å². The van der Waals surface area contributed by atoms with Gasteiger partial charge in [0.2, 0.25) is 5.91 Å². The summed E-state index contributed by atoms with van der Waals surface area (Å²) in [6.07, 6.45) is 3.89. The zero-order chi connectivity index (χ0) is 11.1. The lowest BCUT2D eigenvalue weighted by atomic mass is 10.2. The first kappa shape index (κ1) is 11.2. The van der Waals surface area contributed by atoms with Crippen LogP contribution in [0.1, 0.15) is 5.56 Å². The first-order valence-electron chi connectivity index (χ1n) is 4.66. The maximum Gasteiger partial charge on any atom is 0.246 e. The highest BCUT2D eigenvalue weighted by Gasteiger charge is 2.02. The Labute approximate surface area is 89.0 Å². The van der Waals surface area contributed by atoms with E-state index in [4.69, 9.17) is 0 Å². The molecule has 0 aliphatic rings. The Morgan fingerprint density at radius 3 is 2.60 bits per heavy atom. The van der Waals surface area contributed by atoms with E-state index < -0.39 is 0 Å². The Hall–Kier alpha value is -1.90. The van der Waals surface area contributed by atoms with Crippen LogP contribution >= 0.6 is 0 Å². The lowest BCUT2D eigenvalue weighted by molar-refractivity contribution is -0.127. The first-order chi connectivity index (χ1) is 7.24. The molecular formula is C12H13NO2. The highest BCUT2D eigenvalue weighted by atomic mass is 16.2. The molecule has 0 saturated carbocycles. The predicted octanol–water partition coefficient (Wildman–Crippen LogP) is 1.36. The Morgan fingerprint density at radius 2 is 2.00 bits per heavy atom. The van der Waals surface area contributed by atoms with Gasteiger partial charge in [-0.2, -0.15) is 0 Å². The third-order valence-corrected chi connectivity index (χ3v) is 1.94. The van der Waals surface area contributed by atoms with Crippen LogP contribution in [0.2, 0.25) is 0 Å². The molecule has 0 aliphatic carbocycles. The van der Waals surface area contributed by atoms with Crippen LogP contribution in [-0.4, -0.2) is 30.7 Å². The number of hydrogen-bond acceptors (Lipinski definition) is 2. The molecule has 0 unspecified atom stereocenters. The molecule has 0 heterocycles. The lowest BCUT2D eigenvalue weighted by Gasteiger charge is -2.09. The van der Waals surface area contributed by atoms with E-state index in [-0.39, 0.29) is 12.5 Å². The maximum atomic E-state index is 11.4. The fourth-order valence-electron chi connectivity index (χ4n) is 1.06. The van der Waals surface area contributed by atoms with Crippen molar-refractivity contribution in [2.24, 2.45) is 0 Å². The van der Waals surface area contributed by atoms with Gasteiger partial charge in [0.25, 0.3) is 0 Å². The van der Waals surface area contributed by atoms with Crippen molar-refractivity contribution in [1.82, 2.24) is 4.90 Å².